The second-order valence-corrected chi connectivity index (χ2v) is 4.17. The van der Waals surface area contributed by atoms with E-state index >= 15 is 0 Å². The molecule has 0 unspecified atom stereocenters. The van der Waals surface area contributed by atoms with E-state index < -0.39 is 0 Å². The zero-order valence-electron chi connectivity index (χ0n) is 11.7. The van der Waals surface area contributed by atoms with Crippen LogP contribution in [-0.2, 0) is 0 Å². The van der Waals surface area contributed by atoms with E-state index in [0.717, 1.165) is 0 Å². The van der Waals surface area contributed by atoms with Gasteiger partial charge in [-0.2, -0.15) is 0 Å². The summed E-state index contributed by atoms with van der Waals surface area (Å²) in [6.45, 7) is 0. The summed E-state index contributed by atoms with van der Waals surface area (Å²) in [6, 6.07) is 11.6. The van der Waals surface area contributed by atoms with Gasteiger partial charge in [0, 0.05) is 5.56 Å². The quantitative estimate of drug-likeness (QED) is 0.694. The monoisotopic (exact) mass is 282 g/mol. The van der Waals surface area contributed by atoms with Gasteiger partial charge in [-0.25, -0.2) is 0 Å². The molecule has 0 aliphatic rings. The zero-order chi connectivity index (χ0) is 15.2. The summed E-state index contributed by atoms with van der Waals surface area (Å²) in [7, 11) is 2.95. The average molecular weight is 282 g/mol. The fourth-order valence-corrected chi connectivity index (χ4v) is 1.78. The predicted molar refractivity (Wildman–Crippen MR) is 78.9 cm³/mol. The molecule has 2 aromatic rings. The number of phenolic OH excluding ortho intramolecular Hbond substituents is 1. The van der Waals surface area contributed by atoms with Crippen molar-refractivity contribution in [3.8, 4) is 29.1 Å². The Morgan fingerprint density at radius 3 is 2.48 bits per heavy atom. The number of aromatic hydroxyl groups is 1. The summed E-state index contributed by atoms with van der Waals surface area (Å²) in [5.41, 5.74) is 0.992. The van der Waals surface area contributed by atoms with Crippen LogP contribution in [0.25, 0.3) is 0 Å². The van der Waals surface area contributed by atoms with E-state index in [2.05, 4.69) is 11.8 Å². The first kappa shape index (κ1) is 14.5. The molecule has 0 atom stereocenters. The van der Waals surface area contributed by atoms with E-state index in [1.165, 1.54) is 20.3 Å². The van der Waals surface area contributed by atoms with E-state index in [4.69, 9.17) is 9.47 Å². The van der Waals surface area contributed by atoms with Crippen LogP contribution in [0.4, 0.5) is 0 Å². The highest BCUT2D eigenvalue weighted by Gasteiger charge is 2.08. The minimum atomic E-state index is -0.334. The number of hydrogen-bond donors (Lipinski definition) is 1. The zero-order valence-corrected chi connectivity index (χ0v) is 11.7. The number of para-hydroxylation sites is 1. The van der Waals surface area contributed by atoms with Crippen molar-refractivity contribution in [3.05, 3.63) is 53.6 Å². The molecule has 0 fully saturated rings. The molecule has 0 aromatic heterocycles. The highest BCUT2D eigenvalue weighted by atomic mass is 16.5. The molecule has 0 saturated carbocycles. The van der Waals surface area contributed by atoms with Crippen molar-refractivity contribution < 1.29 is 19.4 Å². The summed E-state index contributed by atoms with van der Waals surface area (Å²) in [5.74, 6) is 5.80. The van der Waals surface area contributed by atoms with Gasteiger partial charge in [-0.1, -0.05) is 18.1 Å². The molecule has 0 spiro atoms. The number of carbonyl (C=O) groups excluding carboxylic acids is 1. The van der Waals surface area contributed by atoms with Gasteiger partial charge in [-0.3, -0.25) is 4.79 Å². The molecule has 0 heterocycles. The fourth-order valence-electron chi connectivity index (χ4n) is 1.78. The van der Waals surface area contributed by atoms with Gasteiger partial charge in [0.15, 0.2) is 11.5 Å². The highest BCUT2D eigenvalue weighted by Crippen LogP contribution is 2.25. The molecule has 0 bridgehead atoms. The van der Waals surface area contributed by atoms with Crippen molar-refractivity contribution in [2.24, 2.45) is 0 Å². The number of Topliss-reactive ketones (excluding diaryl/α,β-unsaturated/α-hetero) is 1. The van der Waals surface area contributed by atoms with Gasteiger partial charge < -0.3 is 14.6 Å². The minimum absolute atomic E-state index is 0.0269. The third-order valence-electron chi connectivity index (χ3n) is 2.85. The van der Waals surface area contributed by atoms with Crippen LogP contribution in [0.3, 0.4) is 0 Å². The Morgan fingerprint density at radius 1 is 1.05 bits per heavy atom. The number of benzene rings is 2. The smallest absolute Gasteiger partial charge is 0.239 e. The number of ketones is 1. The van der Waals surface area contributed by atoms with Crippen molar-refractivity contribution in [3.63, 3.8) is 0 Å². The standard InChI is InChI=1S/C17H14O4/c1-20-16-6-4-3-5-13(16)14(18)9-7-12-8-10-15(19)17(11-12)21-2/h3-6,8,10-11,19H,1-2H3. The average Bonchev–Trinajstić information content (AvgIpc) is 2.53. The van der Waals surface area contributed by atoms with Crippen LogP contribution in [0, 0.1) is 11.8 Å². The molecular formula is C17H14O4. The Morgan fingerprint density at radius 2 is 1.76 bits per heavy atom. The SMILES string of the molecule is COc1cc(C#CC(=O)c2ccccc2OC)ccc1O. The number of methoxy groups -OCH3 is 2. The van der Waals surface area contributed by atoms with Gasteiger partial charge >= 0.3 is 0 Å². The van der Waals surface area contributed by atoms with E-state index in [-0.39, 0.29) is 11.5 Å². The molecule has 0 aliphatic carbocycles. The predicted octanol–water partition coefficient (Wildman–Crippen LogP) is 2.64. The van der Waals surface area contributed by atoms with Gasteiger partial charge in [-0.15, -0.1) is 0 Å². The van der Waals surface area contributed by atoms with Crippen molar-refractivity contribution in [2.45, 2.75) is 0 Å². The van der Waals surface area contributed by atoms with Crippen molar-refractivity contribution in [1.29, 1.82) is 0 Å². The molecule has 4 heteroatoms. The normalized spacial score (nSPS) is 9.43. The van der Waals surface area contributed by atoms with Crippen molar-refractivity contribution in [1.82, 2.24) is 0 Å². The van der Waals surface area contributed by atoms with E-state index in [1.807, 2.05) is 0 Å². The van der Waals surface area contributed by atoms with Gasteiger partial charge in [0.1, 0.15) is 5.75 Å². The number of carbonyl (C=O) groups is 1. The van der Waals surface area contributed by atoms with E-state index in [9.17, 15) is 9.90 Å². The molecule has 0 saturated heterocycles. The third kappa shape index (κ3) is 3.34. The Balaban J connectivity index is 2.28. The first-order valence-corrected chi connectivity index (χ1v) is 6.22. The van der Waals surface area contributed by atoms with Crippen LogP contribution in [0.15, 0.2) is 42.5 Å². The lowest BCUT2D eigenvalue weighted by molar-refractivity contribution is 0.105. The third-order valence-corrected chi connectivity index (χ3v) is 2.85. The molecule has 2 rings (SSSR count). The molecule has 1 N–H and O–H groups in total. The van der Waals surface area contributed by atoms with Gasteiger partial charge in [0.2, 0.25) is 5.78 Å². The summed E-state index contributed by atoms with van der Waals surface area (Å²) in [5, 5.41) is 9.50. The first-order valence-electron chi connectivity index (χ1n) is 6.22. The van der Waals surface area contributed by atoms with Crippen LogP contribution >= 0.6 is 0 Å². The maximum absolute atomic E-state index is 12.1. The number of rotatable bonds is 3. The van der Waals surface area contributed by atoms with E-state index in [1.54, 1.807) is 36.4 Å². The van der Waals surface area contributed by atoms with Gasteiger partial charge in [0.05, 0.1) is 19.8 Å². The number of hydrogen-bond acceptors (Lipinski definition) is 4. The molecule has 2 aromatic carbocycles. The highest BCUT2D eigenvalue weighted by molar-refractivity contribution is 6.11. The first-order chi connectivity index (χ1) is 10.2. The molecular weight excluding hydrogens is 268 g/mol. The van der Waals surface area contributed by atoms with Crippen LogP contribution in [0.2, 0.25) is 0 Å². The molecule has 4 nitrogen and oxygen atoms in total. The van der Waals surface area contributed by atoms with Crippen LogP contribution in [0.5, 0.6) is 17.2 Å². The molecule has 21 heavy (non-hydrogen) atoms. The summed E-state index contributed by atoms with van der Waals surface area (Å²) in [4.78, 5) is 12.1. The second-order valence-electron chi connectivity index (χ2n) is 4.17. The maximum Gasteiger partial charge on any atom is 0.239 e. The largest absolute Gasteiger partial charge is 0.504 e. The molecule has 106 valence electrons. The Kier molecular flexibility index (Phi) is 4.47. The van der Waals surface area contributed by atoms with Crippen LogP contribution < -0.4 is 9.47 Å². The van der Waals surface area contributed by atoms with Gasteiger partial charge in [0.25, 0.3) is 0 Å². The summed E-state index contributed by atoms with van der Waals surface area (Å²) in [6.07, 6.45) is 0. The second kappa shape index (κ2) is 6.49. The summed E-state index contributed by atoms with van der Waals surface area (Å²) < 4.78 is 10.1. The number of phenols is 1. The molecule has 0 amide bonds. The topological polar surface area (TPSA) is 55.8 Å². The minimum Gasteiger partial charge on any atom is -0.504 e. The van der Waals surface area contributed by atoms with E-state index in [0.29, 0.717) is 22.6 Å². The Hall–Kier alpha value is -2.93. The maximum atomic E-state index is 12.1. The van der Waals surface area contributed by atoms with Crippen LogP contribution in [0.1, 0.15) is 15.9 Å². The van der Waals surface area contributed by atoms with Crippen molar-refractivity contribution in [2.75, 3.05) is 14.2 Å². The summed E-state index contributed by atoms with van der Waals surface area (Å²) >= 11 is 0. The van der Waals surface area contributed by atoms with Crippen molar-refractivity contribution >= 4 is 5.78 Å². The lowest BCUT2D eigenvalue weighted by Crippen LogP contribution is -1.99. The Labute approximate surface area is 122 Å². The Bertz CT molecular complexity index is 723. The number of ether oxygens (including phenoxy) is 2. The fraction of sp³-hybridized carbons (Fsp3) is 0.118. The molecule has 0 aliphatic heterocycles. The molecule has 0 radical (unpaired) electrons. The lowest BCUT2D eigenvalue weighted by Gasteiger charge is -2.03. The lowest BCUT2D eigenvalue weighted by atomic mass is 10.1. The van der Waals surface area contributed by atoms with Crippen LogP contribution in [-0.4, -0.2) is 25.1 Å². The van der Waals surface area contributed by atoms with Gasteiger partial charge in [-0.05, 0) is 36.3 Å².